The molecule has 5 nitrogen and oxygen atoms in total. The summed E-state index contributed by atoms with van der Waals surface area (Å²) in [7, 11) is 0. The maximum atomic E-state index is 4.26. The molecule has 0 aromatic carbocycles. The SMILES string of the molecule is CC(C)Cc1cn(CCCCCCN2CCN(C(C)(C)C)CC2)nn1. The average Bonchev–Trinajstić information content (AvgIpc) is 2.97. The smallest absolute Gasteiger partial charge is 0.0829 e. The van der Waals surface area contributed by atoms with Crippen LogP contribution in [0, 0.1) is 5.92 Å². The van der Waals surface area contributed by atoms with E-state index < -0.39 is 0 Å². The van der Waals surface area contributed by atoms with Crippen molar-refractivity contribution in [3.8, 4) is 0 Å². The summed E-state index contributed by atoms with van der Waals surface area (Å²) in [4.78, 5) is 5.24. The summed E-state index contributed by atoms with van der Waals surface area (Å²) in [5.41, 5.74) is 1.45. The molecule has 1 aliphatic heterocycles. The Balaban J connectivity index is 1.51. The van der Waals surface area contributed by atoms with Crippen molar-refractivity contribution < 1.29 is 0 Å². The van der Waals surface area contributed by atoms with E-state index in [2.05, 4.69) is 60.9 Å². The predicted octanol–water partition coefficient (Wildman–Crippen LogP) is 3.45. The largest absolute Gasteiger partial charge is 0.301 e. The minimum Gasteiger partial charge on any atom is -0.301 e. The molecule has 0 amide bonds. The molecule has 0 unspecified atom stereocenters. The Hall–Kier alpha value is -0.940. The number of unbranched alkanes of at least 4 members (excludes halogenated alkanes) is 3. The third-order valence-corrected chi connectivity index (χ3v) is 5.14. The van der Waals surface area contributed by atoms with Crippen molar-refractivity contribution in [1.82, 2.24) is 24.8 Å². The van der Waals surface area contributed by atoms with Gasteiger partial charge in [-0.1, -0.05) is 31.9 Å². The lowest BCUT2D eigenvalue weighted by atomic mass is 10.0. The van der Waals surface area contributed by atoms with Gasteiger partial charge in [-0.05, 0) is 52.5 Å². The molecule has 0 spiro atoms. The van der Waals surface area contributed by atoms with Gasteiger partial charge in [-0.25, -0.2) is 0 Å². The second-order valence-electron chi connectivity index (χ2n) is 8.98. The summed E-state index contributed by atoms with van der Waals surface area (Å²) in [6.07, 6.45) is 8.30. The highest BCUT2D eigenvalue weighted by Gasteiger charge is 2.25. The van der Waals surface area contributed by atoms with E-state index in [9.17, 15) is 0 Å². The first kappa shape index (κ1) is 20.4. The molecule has 0 bridgehead atoms. The van der Waals surface area contributed by atoms with Gasteiger partial charge >= 0.3 is 0 Å². The van der Waals surface area contributed by atoms with E-state index in [1.807, 2.05) is 4.68 Å². The Bertz CT molecular complexity index is 481. The highest BCUT2D eigenvalue weighted by molar-refractivity contribution is 4.93. The number of hydrogen-bond acceptors (Lipinski definition) is 4. The molecule has 1 saturated heterocycles. The number of piperazine rings is 1. The van der Waals surface area contributed by atoms with Gasteiger partial charge in [-0.3, -0.25) is 9.58 Å². The van der Waals surface area contributed by atoms with Crippen molar-refractivity contribution in [3.63, 3.8) is 0 Å². The number of hydrogen-bond donors (Lipinski definition) is 0. The van der Waals surface area contributed by atoms with Crippen LogP contribution in [0.25, 0.3) is 0 Å². The van der Waals surface area contributed by atoms with Crippen LogP contribution in [0.5, 0.6) is 0 Å². The van der Waals surface area contributed by atoms with E-state index in [0.717, 1.165) is 18.7 Å². The van der Waals surface area contributed by atoms with Gasteiger partial charge in [-0.2, -0.15) is 0 Å². The lowest BCUT2D eigenvalue weighted by Crippen LogP contribution is -2.53. The van der Waals surface area contributed by atoms with Gasteiger partial charge in [0.15, 0.2) is 0 Å². The van der Waals surface area contributed by atoms with Crippen LogP contribution >= 0.6 is 0 Å². The zero-order valence-corrected chi connectivity index (χ0v) is 17.2. The van der Waals surface area contributed by atoms with Crippen LogP contribution in [-0.2, 0) is 13.0 Å². The molecule has 0 N–H and O–H groups in total. The van der Waals surface area contributed by atoms with Crippen LogP contribution in [0.2, 0.25) is 0 Å². The fourth-order valence-electron chi connectivity index (χ4n) is 3.56. The number of rotatable bonds is 9. The van der Waals surface area contributed by atoms with Crippen molar-refractivity contribution in [2.24, 2.45) is 5.92 Å². The molecule has 2 rings (SSSR count). The minimum atomic E-state index is 0.322. The molecule has 1 fully saturated rings. The standard InChI is InChI=1S/C20H39N5/c1-18(2)16-19-17-25(22-21-19)11-9-7-6-8-10-23-12-14-24(15-13-23)20(3,4)5/h17-18H,6-16H2,1-5H3. The van der Waals surface area contributed by atoms with E-state index in [1.54, 1.807) is 0 Å². The molecule has 0 aliphatic carbocycles. The Morgan fingerprint density at radius 1 is 0.960 bits per heavy atom. The number of aryl methyl sites for hydroxylation is 1. The van der Waals surface area contributed by atoms with Crippen molar-refractivity contribution in [2.75, 3.05) is 32.7 Å². The highest BCUT2D eigenvalue weighted by Crippen LogP contribution is 2.16. The molecule has 1 aliphatic rings. The highest BCUT2D eigenvalue weighted by atomic mass is 15.4. The Morgan fingerprint density at radius 2 is 1.60 bits per heavy atom. The van der Waals surface area contributed by atoms with Crippen LogP contribution in [0.4, 0.5) is 0 Å². The van der Waals surface area contributed by atoms with Gasteiger partial charge in [0.25, 0.3) is 0 Å². The van der Waals surface area contributed by atoms with Gasteiger partial charge in [0.2, 0.25) is 0 Å². The zero-order valence-electron chi connectivity index (χ0n) is 17.2. The molecular weight excluding hydrogens is 310 g/mol. The fourth-order valence-corrected chi connectivity index (χ4v) is 3.56. The molecular formula is C20H39N5. The van der Waals surface area contributed by atoms with E-state index in [4.69, 9.17) is 0 Å². The molecule has 2 heterocycles. The molecule has 1 aromatic heterocycles. The molecule has 25 heavy (non-hydrogen) atoms. The molecule has 144 valence electrons. The van der Waals surface area contributed by atoms with Gasteiger partial charge in [0.05, 0.1) is 5.69 Å². The Kier molecular flexibility index (Phi) is 7.88. The third kappa shape index (κ3) is 7.45. The van der Waals surface area contributed by atoms with Crippen molar-refractivity contribution >= 4 is 0 Å². The average molecular weight is 350 g/mol. The van der Waals surface area contributed by atoms with Gasteiger partial charge in [0.1, 0.15) is 0 Å². The molecule has 0 atom stereocenters. The first-order chi connectivity index (χ1) is 11.8. The second kappa shape index (κ2) is 9.67. The van der Waals surface area contributed by atoms with Crippen LogP contribution < -0.4 is 0 Å². The van der Waals surface area contributed by atoms with Crippen molar-refractivity contribution in [1.29, 1.82) is 0 Å². The van der Waals surface area contributed by atoms with E-state index in [-0.39, 0.29) is 0 Å². The zero-order chi connectivity index (χ0) is 18.3. The molecule has 1 aromatic rings. The summed E-state index contributed by atoms with van der Waals surface area (Å²) in [5, 5.41) is 8.50. The van der Waals surface area contributed by atoms with E-state index in [0.29, 0.717) is 11.5 Å². The van der Waals surface area contributed by atoms with Gasteiger partial charge in [0, 0.05) is 44.5 Å². The van der Waals surface area contributed by atoms with Crippen molar-refractivity contribution in [2.45, 2.75) is 78.8 Å². The normalized spacial score (nSPS) is 17.5. The first-order valence-corrected chi connectivity index (χ1v) is 10.2. The summed E-state index contributed by atoms with van der Waals surface area (Å²) < 4.78 is 2.02. The Labute approximate surface area is 154 Å². The first-order valence-electron chi connectivity index (χ1n) is 10.2. The van der Waals surface area contributed by atoms with Crippen LogP contribution in [0.3, 0.4) is 0 Å². The maximum Gasteiger partial charge on any atom is 0.0829 e. The van der Waals surface area contributed by atoms with Crippen LogP contribution in [0.1, 0.15) is 66.0 Å². The number of nitrogens with zero attached hydrogens (tertiary/aromatic N) is 5. The third-order valence-electron chi connectivity index (χ3n) is 5.14. The lowest BCUT2D eigenvalue weighted by Gasteiger charge is -2.42. The van der Waals surface area contributed by atoms with E-state index >= 15 is 0 Å². The minimum absolute atomic E-state index is 0.322. The molecule has 5 heteroatoms. The summed E-state index contributed by atoms with van der Waals surface area (Å²) in [6, 6.07) is 0. The molecule has 0 radical (unpaired) electrons. The maximum absolute atomic E-state index is 4.26. The summed E-state index contributed by atoms with van der Waals surface area (Å²) >= 11 is 0. The van der Waals surface area contributed by atoms with Crippen LogP contribution in [0.15, 0.2) is 6.20 Å². The van der Waals surface area contributed by atoms with Crippen molar-refractivity contribution in [3.05, 3.63) is 11.9 Å². The lowest BCUT2D eigenvalue weighted by molar-refractivity contribution is 0.0616. The summed E-state index contributed by atoms with van der Waals surface area (Å²) in [5.74, 6) is 0.649. The van der Waals surface area contributed by atoms with E-state index in [1.165, 1.54) is 58.4 Å². The topological polar surface area (TPSA) is 37.2 Å². The van der Waals surface area contributed by atoms with Gasteiger partial charge < -0.3 is 4.90 Å². The number of aromatic nitrogens is 3. The summed E-state index contributed by atoms with van der Waals surface area (Å²) in [6.45, 7) is 18.6. The predicted molar refractivity (Wildman–Crippen MR) is 105 cm³/mol. The Morgan fingerprint density at radius 3 is 2.20 bits per heavy atom. The molecule has 0 saturated carbocycles. The van der Waals surface area contributed by atoms with Gasteiger partial charge in [-0.15, -0.1) is 5.10 Å². The van der Waals surface area contributed by atoms with Crippen LogP contribution in [-0.4, -0.2) is 63.1 Å². The second-order valence-corrected chi connectivity index (χ2v) is 8.98. The fraction of sp³-hybridized carbons (Fsp3) is 0.900. The monoisotopic (exact) mass is 349 g/mol. The quantitative estimate of drug-likeness (QED) is 0.640.